The van der Waals surface area contributed by atoms with Crippen molar-refractivity contribution in [3.8, 4) is 5.69 Å². The van der Waals surface area contributed by atoms with Crippen molar-refractivity contribution in [2.45, 2.75) is 13.8 Å². The van der Waals surface area contributed by atoms with Crippen LogP contribution in [0, 0.1) is 24.0 Å². The molecule has 0 spiro atoms. The highest BCUT2D eigenvalue weighted by Gasteiger charge is 2.20. The number of aromatic nitrogens is 2. The van der Waals surface area contributed by atoms with Crippen molar-refractivity contribution >= 4 is 16.7 Å². The minimum absolute atomic E-state index is 0.0938. The topological polar surface area (TPSA) is 61.0 Å². The van der Waals surface area contributed by atoms with E-state index in [1.165, 1.54) is 6.07 Å². The molecule has 2 aromatic carbocycles. The molecule has 0 saturated heterocycles. The number of benzene rings is 2. The van der Waals surface area contributed by atoms with Crippen molar-refractivity contribution in [3.05, 3.63) is 64.0 Å². The van der Waals surface area contributed by atoms with Gasteiger partial charge in [0.2, 0.25) is 0 Å². The van der Waals surface area contributed by atoms with Gasteiger partial charge in [-0.05, 0) is 31.5 Å². The molecule has 1 heterocycles. The lowest BCUT2D eigenvalue weighted by atomic mass is 10.1. The number of fused-ring (bicyclic) bond motifs is 1. The van der Waals surface area contributed by atoms with E-state index in [4.69, 9.17) is 0 Å². The Kier molecular flexibility index (Phi) is 2.75. The number of rotatable bonds is 2. The third-order valence-electron chi connectivity index (χ3n) is 3.37. The van der Waals surface area contributed by atoms with E-state index in [0.29, 0.717) is 5.69 Å². The zero-order valence-electron chi connectivity index (χ0n) is 11.2. The third kappa shape index (κ3) is 1.75. The normalized spacial score (nSPS) is 10.9. The van der Waals surface area contributed by atoms with E-state index in [-0.39, 0.29) is 10.6 Å². The van der Waals surface area contributed by atoms with E-state index in [9.17, 15) is 10.1 Å². The number of hydrogen-bond donors (Lipinski definition) is 0. The first-order chi connectivity index (χ1) is 9.59. The number of imidazole rings is 1. The summed E-state index contributed by atoms with van der Waals surface area (Å²) in [5.41, 5.74) is 3.25. The van der Waals surface area contributed by atoms with Crippen molar-refractivity contribution in [2.24, 2.45) is 0 Å². The molecule has 100 valence electrons. The maximum Gasteiger partial charge on any atom is 0.293 e. The van der Waals surface area contributed by atoms with E-state index >= 15 is 0 Å². The van der Waals surface area contributed by atoms with Crippen molar-refractivity contribution in [2.75, 3.05) is 0 Å². The summed E-state index contributed by atoms with van der Waals surface area (Å²) in [6, 6.07) is 12.7. The second kappa shape index (κ2) is 4.45. The lowest BCUT2D eigenvalue weighted by Crippen LogP contribution is -2.04. The van der Waals surface area contributed by atoms with Gasteiger partial charge in [0.05, 0.1) is 16.0 Å². The summed E-state index contributed by atoms with van der Waals surface area (Å²) in [6.07, 6.45) is 0. The minimum Gasteiger partial charge on any atom is -0.290 e. The first-order valence-electron chi connectivity index (χ1n) is 6.28. The zero-order valence-corrected chi connectivity index (χ0v) is 11.2. The summed E-state index contributed by atoms with van der Waals surface area (Å²) in [7, 11) is 0. The Morgan fingerprint density at radius 1 is 1.10 bits per heavy atom. The lowest BCUT2D eigenvalue weighted by molar-refractivity contribution is -0.384. The predicted octanol–water partition coefficient (Wildman–Crippen LogP) is 3.55. The molecule has 0 aliphatic carbocycles. The smallest absolute Gasteiger partial charge is 0.290 e. The van der Waals surface area contributed by atoms with Crippen LogP contribution in [0.2, 0.25) is 0 Å². The number of nitro groups is 1. The Morgan fingerprint density at radius 2 is 1.85 bits per heavy atom. The van der Waals surface area contributed by atoms with Crippen LogP contribution in [0.15, 0.2) is 42.5 Å². The summed E-state index contributed by atoms with van der Waals surface area (Å²) < 4.78 is 1.85. The van der Waals surface area contributed by atoms with Gasteiger partial charge in [-0.1, -0.05) is 24.3 Å². The van der Waals surface area contributed by atoms with Crippen LogP contribution < -0.4 is 0 Å². The van der Waals surface area contributed by atoms with Crippen molar-refractivity contribution < 1.29 is 4.92 Å². The molecule has 1 aromatic heterocycles. The van der Waals surface area contributed by atoms with Gasteiger partial charge in [-0.15, -0.1) is 0 Å². The van der Waals surface area contributed by atoms with Gasteiger partial charge in [0.15, 0.2) is 0 Å². The van der Waals surface area contributed by atoms with E-state index < -0.39 is 0 Å². The number of hydrogen-bond acceptors (Lipinski definition) is 3. The van der Waals surface area contributed by atoms with Gasteiger partial charge >= 0.3 is 0 Å². The summed E-state index contributed by atoms with van der Waals surface area (Å²) in [6.45, 7) is 3.73. The van der Waals surface area contributed by atoms with E-state index in [1.807, 2.05) is 48.7 Å². The van der Waals surface area contributed by atoms with Crippen LogP contribution in [-0.4, -0.2) is 14.5 Å². The molecular formula is C15H13N3O2. The van der Waals surface area contributed by atoms with Crippen LogP contribution in [0.4, 0.5) is 5.69 Å². The summed E-state index contributed by atoms with van der Waals surface area (Å²) >= 11 is 0. The Hall–Kier alpha value is -2.69. The Labute approximate surface area is 115 Å². The Balaban J connectivity index is 2.42. The van der Waals surface area contributed by atoms with Gasteiger partial charge in [-0.25, -0.2) is 4.98 Å². The standard InChI is InChI=1S/C15H13N3O2/c1-10-6-5-9-14(18(19)20)15(10)17-11(2)16-12-7-3-4-8-13(12)17/h3-9H,1-2H3. The van der Waals surface area contributed by atoms with Gasteiger partial charge in [-0.3, -0.25) is 14.7 Å². The fraction of sp³-hybridized carbons (Fsp3) is 0.133. The maximum absolute atomic E-state index is 11.3. The summed E-state index contributed by atoms with van der Waals surface area (Å²) in [5, 5.41) is 11.3. The molecule has 0 aliphatic heterocycles. The van der Waals surface area contributed by atoms with Crippen molar-refractivity contribution in [1.82, 2.24) is 9.55 Å². The van der Waals surface area contributed by atoms with E-state index in [0.717, 1.165) is 22.4 Å². The van der Waals surface area contributed by atoms with Crippen LogP contribution in [0.1, 0.15) is 11.4 Å². The quantitative estimate of drug-likeness (QED) is 0.527. The molecule has 5 heteroatoms. The molecule has 0 unspecified atom stereocenters. The molecular weight excluding hydrogens is 254 g/mol. The zero-order chi connectivity index (χ0) is 14.3. The molecule has 0 amide bonds. The van der Waals surface area contributed by atoms with Crippen molar-refractivity contribution in [1.29, 1.82) is 0 Å². The molecule has 0 atom stereocenters. The SMILES string of the molecule is Cc1cccc([N+](=O)[O-])c1-n1c(C)nc2ccccc21. The number of nitro benzene ring substituents is 1. The largest absolute Gasteiger partial charge is 0.293 e. The van der Waals surface area contributed by atoms with Gasteiger partial charge in [0.25, 0.3) is 5.69 Å². The molecule has 0 N–H and O–H groups in total. The average molecular weight is 267 g/mol. The van der Waals surface area contributed by atoms with Gasteiger partial charge in [0, 0.05) is 6.07 Å². The van der Waals surface area contributed by atoms with Crippen LogP contribution >= 0.6 is 0 Å². The highest BCUT2D eigenvalue weighted by atomic mass is 16.6. The molecule has 3 rings (SSSR count). The average Bonchev–Trinajstić information content (AvgIpc) is 2.74. The number of nitrogens with zero attached hydrogens (tertiary/aromatic N) is 3. The molecule has 3 aromatic rings. The number of aryl methyl sites for hydroxylation is 2. The Bertz CT molecular complexity index is 821. The second-order valence-electron chi connectivity index (χ2n) is 4.68. The summed E-state index contributed by atoms with van der Waals surface area (Å²) in [5.74, 6) is 0.739. The summed E-state index contributed by atoms with van der Waals surface area (Å²) in [4.78, 5) is 15.4. The highest BCUT2D eigenvalue weighted by Crippen LogP contribution is 2.30. The maximum atomic E-state index is 11.3. The fourth-order valence-corrected chi connectivity index (χ4v) is 2.51. The Morgan fingerprint density at radius 3 is 2.60 bits per heavy atom. The van der Waals surface area contributed by atoms with E-state index in [1.54, 1.807) is 6.07 Å². The van der Waals surface area contributed by atoms with E-state index in [2.05, 4.69) is 4.98 Å². The minimum atomic E-state index is -0.351. The second-order valence-corrected chi connectivity index (χ2v) is 4.68. The van der Waals surface area contributed by atoms with Gasteiger partial charge in [-0.2, -0.15) is 0 Å². The third-order valence-corrected chi connectivity index (χ3v) is 3.37. The molecule has 20 heavy (non-hydrogen) atoms. The van der Waals surface area contributed by atoms with Crippen LogP contribution in [0.3, 0.4) is 0 Å². The molecule has 0 saturated carbocycles. The van der Waals surface area contributed by atoms with Crippen LogP contribution in [-0.2, 0) is 0 Å². The van der Waals surface area contributed by atoms with Gasteiger partial charge in [0.1, 0.15) is 11.5 Å². The molecule has 0 radical (unpaired) electrons. The monoisotopic (exact) mass is 267 g/mol. The molecule has 5 nitrogen and oxygen atoms in total. The van der Waals surface area contributed by atoms with Gasteiger partial charge < -0.3 is 0 Å². The molecule has 0 bridgehead atoms. The number of para-hydroxylation sites is 3. The molecule has 0 fully saturated rings. The fourth-order valence-electron chi connectivity index (χ4n) is 2.51. The molecule has 0 aliphatic rings. The lowest BCUT2D eigenvalue weighted by Gasteiger charge is -2.10. The van der Waals surface area contributed by atoms with Crippen LogP contribution in [0.25, 0.3) is 16.7 Å². The first kappa shape index (κ1) is 12.3. The first-order valence-corrected chi connectivity index (χ1v) is 6.28. The highest BCUT2D eigenvalue weighted by molar-refractivity contribution is 5.80. The van der Waals surface area contributed by atoms with Crippen molar-refractivity contribution in [3.63, 3.8) is 0 Å². The van der Waals surface area contributed by atoms with Crippen LogP contribution in [0.5, 0.6) is 0 Å². The predicted molar refractivity (Wildman–Crippen MR) is 77.2 cm³/mol.